The van der Waals surface area contributed by atoms with Crippen LogP contribution in [0.15, 0.2) is 203 Å². The second-order valence-electron chi connectivity index (χ2n) is 14.0. The van der Waals surface area contributed by atoms with E-state index in [1.807, 2.05) is 24.3 Å². The Morgan fingerprint density at radius 2 is 0.964 bits per heavy atom. The van der Waals surface area contributed by atoms with Gasteiger partial charge in [-0.3, -0.25) is 0 Å². The van der Waals surface area contributed by atoms with Crippen LogP contribution in [0.2, 0.25) is 0 Å². The van der Waals surface area contributed by atoms with Gasteiger partial charge in [0.1, 0.15) is 16.7 Å². The molecule has 4 nitrogen and oxygen atoms in total. The van der Waals surface area contributed by atoms with Gasteiger partial charge in [-0.25, -0.2) is 4.98 Å². The lowest BCUT2D eigenvalue weighted by Crippen LogP contribution is -2.09. The van der Waals surface area contributed by atoms with Crippen LogP contribution in [0.4, 0.5) is 17.1 Å². The van der Waals surface area contributed by atoms with Crippen molar-refractivity contribution in [1.29, 1.82) is 0 Å². The fourth-order valence-electron chi connectivity index (χ4n) is 7.98. The minimum Gasteiger partial charge on any atom is -0.456 e. The van der Waals surface area contributed by atoms with E-state index >= 15 is 0 Å². The number of oxazole rings is 1. The first-order chi connectivity index (χ1) is 27.2. The van der Waals surface area contributed by atoms with Crippen LogP contribution in [-0.4, -0.2) is 4.98 Å². The molecule has 0 aliphatic rings. The van der Waals surface area contributed by atoms with Crippen molar-refractivity contribution in [3.8, 4) is 33.7 Å². The average molecular weight is 705 g/mol. The summed E-state index contributed by atoms with van der Waals surface area (Å²) >= 11 is 0. The molecule has 2 aromatic heterocycles. The molecule has 55 heavy (non-hydrogen) atoms. The van der Waals surface area contributed by atoms with E-state index in [1.54, 1.807) is 0 Å². The highest BCUT2D eigenvalue weighted by Gasteiger charge is 2.18. The summed E-state index contributed by atoms with van der Waals surface area (Å²) < 4.78 is 12.9. The Kier molecular flexibility index (Phi) is 7.14. The quantitative estimate of drug-likeness (QED) is 0.173. The first-order valence-electron chi connectivity index (χ1n) is 18.5. The monoisotopic (exact) mass is 704 g/mol. The number of benzene rings is 9. The van der Waals surface area contributed by atoms with Crippen molar-refractivity contribution < 1.29 is 8.83 Å². The number of aromatic nitrogens is 1. The molecule has 0 fully saturated rings. The standard InChI is InChI=1S/C51H32N2O2/c1-2-11-37-31-38(20-19-33(37)9-1)51-52-47-17-8-16-44(50(47)55-51)36-23-27-40(28-24-36)53(41-29-30-46-45-14-5-6-18-48(45)54-49(46)32-41)39-25-21-35(22-26-39)43-15-7-12-34-10-3-4-13-42(34)43/h1-32H. The Morgan fingerprint density at radius 3 is 1.78 bits per heavy atom. The minimum absolute atomic E-state index is 0.615. The van der Waals surface area contributed by atoms with Crippen LogP contribution in [0.25, 0.3) is 88.3 Å². The van der Waals surface area contributed by atoms with Crippen LogP contribution in [0.5, 0.6) is 0 Å². The number of anilines is 3. The summed E-state index contributed by atoms with van der Waals surface area (Å²) in [6, 6.07) is 68.1. The molecule has 2 heterocycles. The van der Waals surface area contributed by atoms with Crippen molar-refractivity contribution in [1.82, 2.24) is 4.98 Å². The lowest BCUT2D eigenvalue weighted by molar-refractivity contribution is 0.621. The zero-order valence-corrected chi connectivity index (χ0v) is 29.7. The number of nitrogens with zero attached hydrogens (tertiary/aromatic N) is 2. The van der Waals surface area contributed by atoms with Gasteiger partial charge in [0.2, 0.25) is 5.89 Å². The van der Waals surface area contributed by atoms with Gasteiger partial charge in [-0.05, 0) is 98.9 Å². The van der Waals surface area contributed by atoms with Gasteiger partial charge in [0.05, 0.1) is 0 Å². The van der Waals surface area contributed by atoms with Crippen LogP contribution in [0.3, 0.4) is 0 Å². The second-order valence-corrected chi connectivity index (χ2v) is 14.0. The second kappa shape index (κ2) is 12.6. The number of para-hydroxylation sites is 2. The van der Waals surface area contributed by atoms with E-state index in [4.69, 9.17) is 13.8 Å². The maximum Gasteiger partial charge on any atom is 0.227 e. The van der Waals surface area contributed by atoms with Crippen molar-refractivity contribution in [2.24, 2.45) is 0 Å². The highest BCUT2D eigenvalue weighted by molar-refractivity contribution is 6.06. The zero-order valence-electron chi connectivity index (χ0n) is 29.7. The highest BCUT2D eigenvalue weighted by Crippen LogP contribution is 2.41. The van der Waals surface area contributed by atoms with E-state index in [2.05, 4.69) is 175 Å². The Balaban J connectivity index is 0.996. The molecule has 11 rings (SSSR count). The lowest BCUT2D eigenvalue weighted by Gasteiger charge is -2.26. The molecule has 0 unspecified atom stereocenters. The Bertz CT molecular complexity index is 3200. The fourth-order valence-corrected chi connectivity index (χ4v) is 7.98. The van der Waals surface area contributed by atoms with Crippen molar-refractivity contribution in [2.45, 2.75) is 0 Å². The summed E-state index contributed by atoms with van der Waals surface area (Å²) in [6.45, 7) is 0. The molecule has 0 saturated carbocycles. The Hall–Kier alpha value is -7.43. The molecule has 11 aromatic rings. The van der Waals surface area contributed by atoms with E-state index in [9.17, 15) is 0 Å². The molecule has 0 radical (unpaired) electrons. The molecule has 0 amide bonds. The zero-order chi connectivity index (χ0) is 36.3. The van der Waals surface area contributed by atoms with Crippen LogP contribution in [-0.2, 0) is 0 Å². The van der Waals surface area contributed by atoms with Gasteiger partial charge in [0.25, 0.3) is 0 Å². The summed E-state index contributed by atoms with van der Waals surface area (Å²) in [5, 5.41) is 7.04. The predicted molar refractivity (Wildman–Crippen MR) is 227 cm³/mol. The van der Waals surface area contributed by atoms with E-state index in [-0.39, 0.29) is 0 Å². The molecule has 0 spiro atoms. The summed E-state index contributed by atoms with van der Waals surface area (Å²) in [6.07, 6.45) is 0. The predicted octanol–water partition coefficient (Wildman–Crippen LogP) is 14.5. The van der Waals surface area contributed by atoms with Gasteiger partial charge in [0.15, 0.2) is 5.58 Å². The van der Waals surface area contributed by atoms with Gasteiger partial charge in [0, 0.05) is 45.0 Å². The molecule has 0 N–H and O–H groups in total. The lowest BCUT2D eigenvalue weighted by atomic mass is 9.98. The van der Waals surface area contributed by atoms with Crippen molar-refractivity contribution in [2.75, 3.05) is 4.90 Å². The van der Waals surface area contributed by atoms with Gasteiger partial charge in [-0.1, -0.05) is 127 Å². The maximum absolute atomic E-state index is 6.51. The number of furan rings is 1. The summed E-state index contributed by atoms with van der Waals surface area (Å²) in [5.41, 5.74) is 11.8. The van der Waals surface area contributed by atoms with E-state index in [1.165, 1.54) is 27.3 Å². The molecule has 4 heteroatoms. The minimum atomic E-state index is 0.615. The average Bonchev–Trinajstić information content (AvgIpc) is 3.86. The summed E-state index contributed by atoms with van der Waals surface area (Å²) in [5.74, 6) is 0.615. The number of hydrogen-bond donors (Lipinski definition) is 0. The highest BCUT2D eigenvalue weighted by atomic mass is 16.3. The Labute approximate surface area is 317 Å². The fraction of sp³-hybridized carbons (Fsp3) is 0. The normalized spacial score (nSPS) is 11.6. The van der Waals surface area contributed by atoms with Crippen molar-refractivity contribution >= 4 is 71.6 Å². The first kappa shape index (κ1) is 31.1. The SMILES string of the molecule is c1ccc2cc(-c3nc4cccc(-c5ccc(N(c6ccc(-c7cccc8ccccc78)cc6)c6ccc7c(c6)oc6ccccc67)cc5)c4o3)ccc2c1. The van der Waals surface area contributed by atoms with Crippen LogP contribution in [0.1, 0.15) is 0 Å². The van der Waals surface area contributed by atoms with Crippen LogP contribution < -0.4 is 4.90 Å². The van der Waals surface area contributed by atoms with E-state index in [0.717, 1.165) is 72.2 Å². The number of fused-ring (bicyclic) bond motifs is 6. The third kappa shape index (κ3) is 5.34. The molecule has 258 valence electrons. The molecular weight excluding hydrogens is 673 g/mol. The molecule has 0 aliphatic heterocycles. The van der Waals surface area contributed by atoms with Gasteiger partial charge in [-0.2, -0.15) is 0 Å². The molecule has 0 saturated heterocycles. The van der Waals surface area contributed by atoms with Gasteiger partial charge >= 0.3 is 0 Å². The maximum atomic E-state index is 6.51. The Morgan fingerprint density at radius 1 is 0.364 bits per heavy atom. The van der Waals surface area contributed by atoms with Crippen LogP contribution in [0, 0.1) is 0 Å². The number of rotatable bonds is 6. The van der Waals surface area contributed by atoms with Gasteiger partial charge < -0.3 is 13.7 Å². The smallest absolute Gasteiger partial charge is 0.227 e. The number of hydrogen-bond acceptors (Lipinski definition) is 4. The molecule has 0 bridgehead atoms. The molecule has 0 atom stereocenters. The van der Waals surface area contributed by atoms with Crippen LogP contribution >= 0.6 is 0 Å². The summed E-state index contributed by atoms with van der Waals surface area (Å²) in [4.78, 5) is 7.19. The largest absolute Gasteiger partial charge is 0.456 e. The van der Waals surface area contributed by atoms with Crippen molar-refractivity contribution in [3.63, 3.8) is 0 Å². The molecule has 0 aliphatic carbocycles. The third-order valence-electron chi connectivity index (χ3n) is 10.7. The van der Waals surface area contributed by atoms with Gasteiger partial charge in [-0.15, -0.1) is 0 Å². The van der Waals surface area contributed by atoms with E-state index in [0.29, 0.717) is 5.89 Å². The molecular formula is C51H32N2O2. The summed E-state index contributed by atoms with van der Waals surface area (Å²) in [7, 11) is 0. The molecule has 9 aromatic carbocycles. The van der Waals surface area contributed by atoms with E-state index < -0.39 is 0 Å². The first-order valence-corrected chi connectivity index (χ1v) is 18.5. The topological polar surface area (TPSA) is 42.4 Å². The van der Waals surface area contributed by atoms with Crippen molar-refractivity contribution in [3.05, 3.63) is 194 Å². The third-order valence-corrected chi connectivity index (χ3v) is 10.7.